The van der Waals surface area contributed by atoms with Gasteiger partial charge in [-0.05, 0) is 101 Å². The number of hydrogen-bond donors (Lipinski definition) is 1. The van der Waals surface area contributed by atoms with Crippen LogP contribution in [0.2, 0.25) is 10.0 Å². The lowest BCUT2D eigenvalue weighted by atomic mass is 9.98. The average molecular weight is 757 g/mol. The topological polar surface area (TPSA) is 104 Å². The molecule has 0 fully saturated rings. The van der Waals surface area contributed by atoms with E-state index in [1.165, 1.54) is 0 Å². The summed E-state index contributed by atoms with van der Waals surface area (Å²) in [4.78, 5) is 28.9. The van der Waals surface area contributed by atoms with E-state index in [4.69, 9.17) is 37.8 Å². The van der Waals surface area contributed by atoms with E-state index in [1.54, 1.807) is 25.3 Å². The predicted octanol–water partition coefficient (Wildman–Crippen LogP) is 9.11. The van der Waals surface area contributed by atoms with Crippen LogP contribution in [-0.4, -0.2) is 62.8 Å². The zero-order chi connectivity index (χ0) is 37.9. The van der Waals surface area contributed by atoms with Crippen molar-refractivity contribution in [3.8, 4) is 16.9 Å². The first-order chi connectivity index (χ1) is 25.3. The van der Waals surface area contributed by atoms with Crippen molar-refractivity contribution in [3.05, 3.63) is 98.0 Å². The molecule has 53 heavy (non-hydrogen) atoms. The molecule has 0 saturated carbocycles. The molecular formula is C41H43Cl2N5O5. The predicted molar refractivity (Wildman–Crippen MR) is 211 cm³/mol. The van der Waals surface area contributed by atoms with Gasteiger partial charge in [-0.25, -0.2) is 4.79 Å². The van der Waals surface area contributed by atoms with E-state index in [2.05, 4.69) is 11.5 Å². The van der Waals surface area contributed by atoms with Gasteiger partial charge in [-0.2, -0.15) is 5.10 Å². The van der Waals surface area contributed by atoms with Gasteiger partial charge in [0.1, 0.15) is 11.4 Å². The second kappa shape index (κ2) is 14.2. The van der Waals surface area contributed by atoms with Crippen LogP contribution in [0.4, 0.5) is 5.69 Å². The van der Waals surface area contributed by atoms with Crippen LogP contribution >= 0.6 is 23.2 Å². The Morgan fingerprint density at radius 2 is 1.72 bits per heavy atom. The van der Waals surface area contributed by atoms with Gasteiger partial charge in [-0.1, -0.05) is 29.3 Å². The fourth-order valence-corrected chi connectivity index (χ4v) is 8.29. The molecule has 6 aromatic rings. The maximum Gasteiger partial charge on any atom is 0.335 e. The Morgan fingerprint density at radius 3 is 2.38 bits per heavy atom. The number of anilines is 1. The van der Waals surface area contributed by atoms with Crippen LogP contribution in [0.3, 0.4) is 0 Å². The molecule has 1 N–H and O–H groups in total. The molecule has 3 aromatic carbocycles. The number of halogens is 2. The Kier molecular flexibility index (Phi) is 9.82. The van der Waals surface area contributed by atoms with Gasteiger partial charge in [0.25, 0.3) is 5.91 Å². The summed E-state index contributed by atoms with van der Waals surface area (Å²) in [6.45, 7) is 11.9. The van der Waals surface area contributed by atoms with Crippen molar-refractivity contribution in [3.63, 3.8) is 0 Å². The molecule has 1 aliphatic rings. The fourth-order valence-electron chi connectivity index (χ4n) is 7.93. The number of amides is 1. The molecule has 0 unspecified atom stereocenters. The third-order valence-electron chi connectivity index (χ3n) is 10.5. The number of carbonyl (C=O) groups is 2. The van der Waals surface area contributed by atoms with Crippen LogP contribution in [0.5, 0.6) is 5.75 Å². The Hall–Kier alpha value is -4.77. The monoisotopic (exact) mass is 755 g/mol. The molecule has 0 saturated heterocycles. The highest BCUT2D eigenvalue weighted by molar-refractivity contribution is 6.35. The number of aromatic nitrogens is 4. The number of aromatic carboxylic acids is 1. The number of carbonyl (C=O) groups excluding carboxylic acids is 1. The molecule has 0 radical (unpaired) electrons. The Labute approximate surface area is 318 Å². The summed E-state index contributed by atoms with van der Waals surface area (Å²) in [6, 6.07) is 12.8. The number of methoxy groups -OCH3 is 1. The first-order valence-corrected chi connectivity index (χ1v) is 18.5. The minimum absolute atomic E-state index is 0.131. The van der Waals surface area contributed by atoms with Crippen LogP contribution in [0.15, 0.2) is 48.7 Å². The summed E-state index contributed by atoms with van der Waals surface area (Å²) in [5, 5.41) is 17.6. The van der Waals surface area contributed by atoms with Gasteiger partial charge in [0, 0.05) is 72.1 Å². The Balaban J connectivity index is 1.37. The van der Waals surface area contributed by atoms with Gasteiger partial charge in [-0.15, -0.1) is 0 Å². The van der Waals surface area contributed by atoms with E-state index in [0.29, 0.717) is 49.9 Å². The zero-order valence-corrected chi connectivity index (χ0v) is 32.5. The lowest BCUT2D eigenvalue weighted by Gasteiger charge is -2.34. The molecule has 4 heterocycles. The number of carboxylic acids is 1. The summed E-state index contributed by atoms with van der Waals surface area (Å²) < 4.78 is 17.6. The molecule has 1 aliphatic heterocycles. The van der Waals surface area contributed by atoms with Crippen molar-refractivity contribution >= 4 is 62.6 Å². The highest BCUT2D eigenvalue weighted by Gasteiger charge is 2.37. The smallest absolute Gasteiger partial charge is 0.335 e. The van der Waals surface area contributed by atoms with Crippen LogP contribution in [-0.2, 0) is 24.8 Å². The maximum atomic E-state index is 15.1. The summed E-state index contributed by atoms with van der Waals surface area (Å²) in [7, 11) is 3.55. The molecule has 3 aromatic heterocycles. The minimum atomic E-state index is -1.01. The number of fused-ring (bicyclic) bond motifs is 4. The molecule has 0 aliphatic carbocycles. The van der Waals surface area contributed by atoms with Crippen molar-refractivity contribution in [1.29, 1.82) is 0 Å². The number of carboxylic acid groups (broad SMARTS) is 1. The van der Waals surface area contributed by atoms with E-state index >= 15 is 4.79 Å². The maximum absolute atomic E-state index is 15.1. The van der Waals surface area contributed by atoms with Crippen LogP contribution in [0.1, 0.15) is 68.3 Å². The van der Waals surface area contributed by atoms with Crippen LogP contribution in [0.25, 0.3) is 32.9 Å². The molecule has 1 atom stereocenters. The average Bonchev–Trinajstić information content (AvgIpc) is 3.74. The number of aryl methyl sites for hydroxylation is 5. The van der Waals surface area contributed by atoms with E-state index in [-0.39, 0.29) is 17.5 Å². The Bertz CT molecular complexity index is 2420. The molecule has 276 valence electrons. The molecule has 7 rings (SSSR count). The highest BCUT2D eigenvalue weighted by Crippen LogP contribution is 2.46. The first kappa shape index (κ1) is 36.6. The van der Waals surface area contributed by atoms with Gasteiger partial charge in [0.05, 0.1) is 46.2 Å². The number of nitrogens with zero attached hydrogens (tertiary/aromatic N) is 5. The summed E-state index contributed by atoms with van der Waals surface area (Å²) >= 11 is 13.5. The zero-order valence-electron chi connectivity index (χ0n) is 31.0. The number of ether oxygens (including phenoxy) is 2. The fraction of sp³-hybridized carbons (Fsp3) is 0.341. The van der Waals surface area contributed by atoms with Gasteiger partial charge >= 0.3 is 5.97 Å². The van der Waals surface area contributed by atoms with Gasteiger partial charge in [-0.3, -0.25) is 9.48 Å². The SMILES string of the molecule is COCCn1cc(N2C[C@@H](C)n3c(c(CCCOc4cc(C)c(Cl)c(C)c4)c4ccc(Cl)c(-c5c(C)nn(C)c5C)c43)C2=O)c2ccc(C(=O)O)cc21. The number of benzene rings is 3. The van der Waals surface area contributed by atoms with E-state index < -0.39 is 5.97 Å². The van der Waals surface area contributed by atoms with E-state index in [0.717, 1.165) is 77.5 Å². The Morgan fingerprint density at radius 1 is 1.00 bits per heavy atom. The van der Waals surface area contributed by atoms with Crippen molar-refractivity contribution < 1.29 is 24.2 Å². The minimum Gasteiger partial charge on any atom is -0.494 e. The van der Waals surface area contributed by atoms with Gasteiger partial charge in [0.2, 0.25) is 0 Å². The third-order valence-corrected chi connectivity index (χ3v) is 11.4. The summed E-state index contributed by atoms with van der Waals surface area (Å²) in [5.41, 5.74) is 9.69. The summed E-state index contributed by atoms with van der Waals surface area (Å²) in [6.07, 6.45) is 3.18. The first-order valence-electron chi connectivity index (χ1n) is 17.7. The van der Waals surface area contributed by atoms with Crippen molar-refractivity contribution in [2.45, 2.75) is 60.0 Å². The highest BCUT2D eigenvalue weighted by atomic mass is 35.5. The normalized spacial score (nSPS) is 14.5. The van der Waals surface area contributed by atoms with Crippen molar-refractivity contribution in [1.82, 2.24) is 18.9 Å². The molecule has 0 bridgehead atoms. The molecule has 1 amide bonds. The van der Waals surface area contributed by atoms with Crippen LogP contribution < -0.4 is 9.64 Å². The standard InChI is InChI=1S/C41H43Cl2N5O5/c1-22-17-28(18-23(2)37(22)43)53-15-8-9-29-30-12-13-32(42)36(35-25(4)44-45(6)26(35)5)38(30)48-24(3)20-47(40(49)39(29)48)34-21-46(14-16-52-7)33-19-27(41(50)51)10-11-31(33)34/h10-13,17-19,21,24H,8-9,14-16,20H2,1-7H3,(H,50,51)/t24-/m1/s1. The third kappa shape index (κ3) is 6.26. The van der Waals surface area contributed by atoms with E-state index in [1.807, 2.05) is 79.4 Å². The molecule has 12 heteroatoms. The largest absolute Gasteiger partial charge is 0.494 e. The van der Waals surface area contributed by atoms with Gasteiger partial charge in [0.15, 0.2) is 0 Å². The second-order valence-electron chi connectivity index (χ2n) is 14.0. The van der Waals surface area contributed by atoms with E-state index in [9.17, 15) is 9.90 Å². The van der Waals surface area contributed by atoms with Crippen molar-refractivity contribution in [2.75, 3.05) is 31.8 Å². The number of rotatable bonds is 11. The lowest BCUT2D eigenvalue weighted by Crippen LogP contribution is -2.42. The summed E-state index contributed by atoms with van der Waals surface area (Å²) in [5.74, 6) is -0.380. The molecule has 0 spiro atoms. The van der Waals surface area contributed by atoms with Gasteiger partial charge < -0.3 is 28.6 Å². The number of hydrogen-bond acceptors (Lipinski definition) is 5. The quantitative estimate of drug-likeness (QED) is 0.132. The van der Waals surface area contributed by atoms with Crippen molar-refractivity contribution in [2.24, 2.45) is 7.05 Å². The molecule has 10 nitrogen and oxygen atoms in total. The second-order valence-corrected chi connectivity index (χ2v) is 14.8. The molecular weight excluding hydrogens is 713 g/mol. The lowest BCUT2D eigenvalue weighted by molar-refractivity contribution is 0.0696. The van der Waals surface area contributed by atoms with Crippen LogP contribution in [0, 0.1) is 27.7 Å².